The molecule has 5 rings (SSSR count). The number of aliphatic hydroxyl groups is 1. The highest BCUT2D eigenvalue weighted by Crippen LogP contribution is 2.30. The minimum Gasteiger partial charge on any atom is -0.394 e. The van der Waals surface area contributed by atoms with E-state index in [1.165, 1.54) is 6.08 Å². The quantitative estimate of drug-likeness (QED) is 0.327. The summed E-state index contributed by atoms with van der Waals surface area (Å²) in [5, 5.41) is 16.4. The number of benzene rings is 2. The molecule has 2 aromatic carbocycles. The van der Waals surface area contributed by atoms with E-state index in [9.17, 15) is 9.90 Å². The number of nitrogens with zero attached hydrogens (tertiary/aromatic N) is 4. The number of pyridine rings is 1. The Hall–Kier alpha value is -4.34. The second-order valence-electron chi connectivity index (χ2n) is 8.66. The lowest BCUT2D eigenvalue weighted by Gasteiger charge is -2.32. The van der Waals surface area contributed by atoms with Gasteiger partial charge in [0, 0.05) is 35.9 Å². The molecule has 0 aliphatic carbocycles. The summed E-state index contributed by atoms with van der Waals surface area (Å²) in [6.07, 6.45) is 6.53. The summed E-state index contributed by atoms with van der Waals surface area (Å²) in [4.78, 5) is 27.9. The topological polar surface area (TPSA) is 113 Å². The van der Waals surface area contributed by atoms with Crippen molar-refractivity contribution >= 4 is 40.0 Å². The highest BCUT2D eigenvalue weighted by molar-refractivity contribution is 6.00. The zero-order chi connectivity index (χ0) is 25.6. The number of aliphatic hydroxyl groups excluding tert-OH is 1. The number of hydrogen-bond acceptors (Lipinski definition) is 8. The van der Waals surface area contributed by atoms with Gasteiger partial charge in [0.05, 0.1) is 36.7 Å². The van der Waals surface area contributed by atoms with E-state index in [2.05, 4.69) is 25.5 Å². The Bertz CT molecular complexity index is 1420. The van der Waals surface area contributed by atoms with Crippen molar-refractivity contribution in [2.45, 2.75) is 13.0 Å². The van der Waals surface area contributed by atoms with Crippen molar-refractivity contribution in [1.29, 1.82) is 0 Å². The van der Waals surface area contributed by atoms with E-state index in [1.807, 2.05) is 54.6 Å². The van der Waals surface area contributed by atoms with Crippen LogP contribution in [0.4, 0.5) is 23.1 Å². The van der Waals surface area contributed by atoms with Gasteiger partial charge >= 0.3 is 0 Å². The van der Waals surface area contributed by atoms with E-state index in [1.54, 1.807) is 25.4 Å². The first-order valence-corrected chi connectivity index (χ1v) is 12.1. The molecular weight excluding hydrogens is 468 g/mol. The normalized spacial score (nSPS) is 15.7. The number of carbonyl (C=O) groups is 1. The number of ether oxygens (including phenoxy) is 1. The van der Waals surface area contributed by atoms with Gasteiger partial charge in [-0.3, -0.25) is 4.79 Å². The van der Waals surface area contributed by atoms with Gasteiger partial charge < -0.3 is 25.4 Å². The van der Waals surface area contributed by atoms with Crippen LogP contribution in [0, 0.1) is 0 Å². The number of allylic oxidation sites excluding steroid dienone is 1. The monoisotopic (exact) mass is 496 g/mol. The first kappa shape index (κ1) is 24.4. The molecule has 2 aromatic heterocycles. The molecule has 1 saturated heterocycles. The second kappa shape index (κ2) is 11.2. The number of aromatic nitrogens is 3. The van der Waals surface area contributed by atoms with Crippen LogP contribution in [0.15, 0.2) is 79.1 Å². The molecule has 0 bridgehead atoms. The fourth-order valence-corrected chi connectivity index (χ4v) is 4.26. The second-order valence-corrected chi connectivity index (χ2v) is 8.66. The van der Waals surface area contributed by atoms with Crippen LogP contribution in [0.2, 0.25) is 0 Å². The minimum atomic E-state index is -0.196. The molecule has 1 atom stereocenters. The molecule has 3 N–H and O–H groups in total. The molecule has 1 amide bonds. The van der Waals surface area contributed by atoms with Crippen LogP contribution in [-0.4, -0.2) is 58.4 Å². The maximum absolute atomic E-state index is 12.0. The van der Waals surface area contributed by atoms with Crippen molar-refractivity contribution in [3.05, 3.63) is 79.1 Å². The summed E-state index contributed by atoms with van der Waals surface area (Å²) in [5.74, 6) is 1.11. The van der Waals surface area contributed by atoms with Crippen molar-refractivity contribution in [2.24, 2.45) is 0 Å². The van der Waals surface area contributed by atoms with Crippen LogP contribution in [-0.2, 0) is 9.53 Å². The van der Waals surface area contributed by atoms with Gasteiger partial charge in [-0.05, 0) is 42.8 Å². The van der Waals surface area contributed by atoms with Gasteiger partial charge in [-0.25, -0.2) is 15.0 Å². The Morgan fingerprint density at radius 2 is 2.03 bits per heavy atom. The van der Waals surface area contributed by atoms with E-state index >= 15 is 0 Å². The molecule has 0 saturated carbocycles. The molecular formula is C28H28N6O3. The van der Waals surface area contributed by atoms with Crippen molar-refractivity contribution in [1.82, 2.24) is 15.0 Å². The van der Waals surface area contributed by atoms with Crippen LogP contribution >= 0.6 is 0 Å². The van der Waals surface area contributed by atoms with Crippen molar-refractivity contribution in [3.8, 4) is 11.1 Å². The van der Waals surface area contributed by atoms with Gasteiger partial charge in [0.25, 0.3) is 0 Å². The molecule has 4 aromatic rings. The maximum Gasteiger partial charge on any atom is 0.248 e. The van der Waals surface area contributed by atoms with Crippen molar-refractivity contribution < 1.29 is 14.6 Å². The third-order valence-corrected chi connectivity index (χ3v) is 6.04. The number of amides is 1. The summed E-state index contributed by atoms with van der Waals surface area (Å²) in [6, 6.07) is 17.5. The Kier molecular flexibility index (Phi) is 7.34. The molecule has 9 nitrogen and oxygen atoms in total. The van der Waals surface area contributed by atoms with Gasteiger partial charge in [-0.15, -0.1) is 0 Å². The molecule has 3 heterocycles. The van der Waals surface area contributed by atoms with E-state index in [0.29, 0.717) is 24.8 Å². The number of fused-ring (bicyclic) bond motifs is 1. The average molecular weight is 497 g/mol. The lowest BCUT2D eigenvalue weighted by molar-refractivity contribution is -0.111. The van der Waals surface area contributed by atoms with Crippen LogP contribution < -0.4 is 15.5 Å². The summed E-state index contributed by atoms with van der Waals surface area (Å²) in [5.41, 5.74) is 4.14. The molecule has 0 radical (unpaired) electrons. The Labute approximate surface area is 214 Å². The lowest BCUT2D eigenvalue weighted by atomic mass is 10.0. The summed E-state index contributed by atoms with van der Waals surface area (Å²) < 4.78 is 5.52. The van der Waals surface area contributed by atoms with Crippen LogP contribution in [0.25, 0.3) is 22.0 Å². The van der Waals surface area contributed by atoms with E-state index in [-0.39, 0.29) is 18.6 Å². The molecule has 188 valence electrons. The van der Waals surface area contributed by atoms with Gasteiger partial charge in [-0.2, -0.15) is 0 Å². The zero-order valence-electron chi connectivity index (χ0n) is 20.5. The average Bonchev–Trinajstić information content (AvgIpc) is 2.93. The fraction of sp³-hybridized carbons (Fsp3) is 0.214. The predicted octanol–water partition coefficient (Wildman–Crippen LogP) is 4.15. The van der Waals surface area contributed by atoms with Crippen molar-refractivity contribution in [2.75, 3.05) is 41.8 Å². The molecule has 1 unspecified atom stereocenters. The summed E-state index contributed by atoms with van der Waals surface area (Å²) >= 11 is 0. The molecule has 1 aliphatic heterocycles. The van der Waals surface area contributed by atoms with E-state index < -0.39 is 0 Å². The Morgan fingerprint density at radius 3 is 2.84 bits per heavy atom. The summed E-state index contributed by atoms with van der Waals surface area (Å²) in [7, 11) is 0. The molecule has 1 aliphatic rings. The molecule has 0 spiro atoms. The van der Waals surface area contributed by atoms with Gasteiger partial charge in [0.15, 0.2) is 0 Å². The van der Waals surface area contributed by atoms with Gasteiger partial charge in [0.2, 0.25) is 11.9 Å². The first-order valence-electron chi connectivity index (χ1n) is 12.1. The Morgan fingerprint density at radius 1 is 1.14 bits per heavy atom. The SMILES string of the molecule is CC=CC(=O)Nc1cccc(-c2cccc3cnc(Nc4ccc(N5CCOC(CO)C5)nc4)nc23)c1. The predicted molar refractivity (Wildman–Crippen MR) is 145 cm³/mol. The summed E-state index contributed by atoms with van der Waals surface area (Å²) in [6.45, 7) is 3.69. The fourth-order valence-electron chi connectivity index (χ4n) is 4.26. The molecule has 1 fully saturated rings. The number of hydrogen-bond donors (Lipinski definition) is 3. The number of para-hydroxylation sites is 1. The number of nitrogens with one attached hydrogen (secondary N) is 2. The number of morpholine rings is 1. The van der Waals surface area contributed by atoms with Crippen LogP contribution in [0.3, 0.4) is 0 Å². The largest absolute Gasteiger partial charge is 0.394 e. The smallest absolute Gasteiger partial charge is 0.248 e. The third-order valence-electron chi connectivity index (χ3n) is 6.04. The number of carbonyl (C=O) groups excluding carboxylic acids is 1. The lowest BCUT2D eigenvalue weighted by Crippen LogP contribution is -2.44. The number of anilines is 4. The number of rotatable bonds is 7. The molecule has 9 heteroatoms. The zero-order valence-corrected chi connectivity index (χ0v) is 20.5. The third kappa shape index (κ3) is 5.74. The Balaban J connectivity index is 1.37. The standard InChI is InChI=1S/C28H28N6O3/c1-2-5-26(36)31-21-8-3-6-19(14-21)24-9-4-7-20-15-30-28(33-27(20)24)32-22-10-11-25(29-16-22)34-12-13-37-23(17-34)18-35/h2-11,14-16,23,35H,12-13,17-18H2,1H3,(H,31,36)(H,30,32,33). The maximum atomic E-state index is 12.0. The van der Waals surface area contributed by atoms with E-state index in [4.69, 9.17) is 9.72 Å². The van der Waals surface area contributed by atoms with Gasteiger partial charge in [0.1, 0.15) is 5.82 Å². The van der Waals surface area contributed by atoms with Crippen molar-refractivity contribution in [3.63, 3.8) is 0 Å². The minimum absolute atomic E-state index is 0.00738. The first-order chi connectivity index (χ1) is 18.1. The molecule has 37 heavy (non-hydrogen) atoms. The van der Waals surface area contributed by atoms with E-state index in [0.717, 1.165) is 40.1 Å². The van der Waals surface area contributed by atoms with Gasteiger partial charge in [-0.1, -0.05) is 36.4 Å². The highest BCUT2D eigenvalue weighted by atomic mass is 16.5. The van der Waals surface area contributed by atoms with Crippen LogP contribution in [0.5, 0.6) is 0 Å². The highest BCUT2D eigenvalue weighted by Gasteiger charge is 2.20. The van der Waals surface area contributed by atoms with Crippen LogP contribution in [0.1, 0.15) is 6.92 Å².